The van der Waals surface area contributed by atoms with Gasteiger partial charge in [0.25, 0.3) is 5.91 Å². The molecule has 5 heterocycles. The summed E-state index contributed by atoms with van der Waals surface area (Å²) in [6.07, 6.45) is -0.640. The minimum atomic E-state index is -1.94. The third kappa shape index (κ3) is 2.59. The number of para-hydroxylation sites is 1. The highest BCUT2D eigenvalue weighted by Crippen LogP contribution is 2.57. The van der Waals surface area contributed by atoms with Gasteiger partial charge < -0.3 is 29.0 Å². The molecular formula is C30H27N3O5S. The molecule has 0 radical (unpaired) electrons. The van der Waals surface area contributed by atoms with E-state index in [9.17, 15) is 14.7 Å². The minimum absolute atomic E-state index is 0.0131. The number of hydrogen-bond donors (Lipinski definition) is 2. The number of esters is 1. The molecule has 5 aromatic rings. The van der Waals surface area contributed by atoms with Gasteiger partial charge in [0.2, 0.25) is 5.60 Å². The van der Waals surface area contributed by atoms with E-state index in [-0.39, 0.29) is 12.3 Å². The van der Waals surface area contributed by atoms with Gasteiger partial charge in [0.15, 0.2) is 5.72 Å². The Bertz CT molecular complexity index is 1940. The number of aliphatic hydroxyl groups is 1. The molecule has 3 atom stereocenters. The van der Waals surface area contributed by atoms with Crippen LogP contribution in [-0.4, -0.2) is 44.6 Å². The van der Waals surface area contributed by atoms with Crippen molar-refractivity contribution >= 4 is 67.3 Å². The monoisotopic (exact) mass is 541 g/mol. The van der Waals surface area contributed by atoms with E-state index < -0.39 is 23.5 Å². The fourth-order valence-electron chi connectivity index (χ4n) is 7.30. The Morgan fingerprint density at radius 3 is 2.79 bits per heavy atom. The first-order chi connectivity index (χ1) is 18.8. The fourth-order valence-corrected chi connectivity index (χ4v) is 7.92. The van der Waals surface area contributed by atoms with Crippen LogP contribution in [-0.2, 0) is 32.3 Å². The summed E-state index contributed by atoms with van der Waals surface area (Å²) in [6.45, 7) is 4.33. The normalized spacial score (nSPS) is 25.2. The van der Waals surface area contributed by atoms with Gasteiger partial charge in [-0.2, -0.15) is 11.8 Å². The molecule has 198 valence electrons. The number of methoxy groups -OCH3 is 1. The minimum Gasteiger partial charge on any atom is -0.467 e. The van der Waals surface area contributed by atoms with Crippen molar-refractivity contribution in [3.8, 4) is 0 Å². The van der Waals surface area contributed by atoms with Gasteiger partial charge >= 0.3 is 5.97 Å². The molecule has 1 amide bonds. The summed E-state index contributed by atoms with van der Waals surface area (Å²) in [6, 6.07) is 14.3. The number of amides is 1. The molecule has 9 heteroatoms. The third-order valence-electron chi connectivity index (χ3n) is 8.99. The first kappa shape index (κ1) is 23.4. The summed E-state index contributed by atoms with van der Waals surface area (Å²) in [5, 5.41) is 19.0. The maximum Gasteiger partial charge on any atom is 0.343 e. The van der Waals surface area contributed by atoms with E-state index in [1.54, 1.807) is 6.92 Å². The van der Waals surface area contributed by atoms with Crippen molar-refractivity contribution in [2.75, 3.05) is 12.9 Å². The van der Waals surface area contributed by atoms with Gasteiger partial charge in [-0.15, -0.1) is 0 Å². The highest BCUT2D eigenvalue weighted by molar-refractivity contribution is 7.98. The fraction of sp³-hybridized carbons (Fsp3) is 0.333. The molecule has 3 aliphatic rings. The molecule has 3 aromatic carbocycles. The Labute approximate surface area is 227 Å². The van der Waals surface area contributed by atoms with Gasteiger partial charge in [-0.3, -0.25) is 4.79 Å². The van der Waals surface area contributed by atoms with Crippen molar-refractivity contribution in [3.63, 3.8) is 0 Å². The van der Waals surface area contributed by atoms with E-state index in [4.69, 9.17) is 9.47 Å². The number of aromatic nitrogens is 2. The van der Waals surface area contributed by atoms with Crippen LogP contribution in [0, 0.1) is 0 Å². The number of nitrogens with zero attached hydrogens (tertiary/aromatic N) is 2. The molecular weight excluding hydrogens is 514 g/mol. The zero-order chi connectivity index (χ0) is 26.8. The maximum atomic E-state index is 13.5. The van der Waals surface area contributed by atoms with Crippen LogP contribution in [0.5, 0.6) is 0 Å². The van der Waals surface area contributed by atoms with Crippen LogP contribution in [0.3, 0.4) is 0 Å². The largest absolute Gasteiger partial charge is 0.467 e. The number of carbonyl (C=O) groups is 2. The topological polar surface area (TPSA) is 94.7 Å². The van der Waals surface area contributed by atoms with Crippen LogP contribution >= 0.6 is 11.8 Å². The number of hydrogen-bond acceptors (Lipinski definition) is 6. The number of rotatable bonds is 4. The Kier molecular flexibility index (Phi) is 4.53. The van der Waals surface area contributed by atoms with Crippen molar-refractivity contribution in [1.29, 1.82) is 0 Å². The second-order valence-electron chi connectivity index (χ2n) is 10.8. The number of ether oxygens (including phenoxy) is 2. The molecule has 39 heavy (non-hydrogen) atoms. The summed E-state index contributed by atoms with van der Waals surface area (Å²) < 4.78 is 16.0. The van der Waals surface area contributed by atoms with E-state index >= 15 is 0 Å². The van der Waals surface area contributed by atoms with Crippen molar-refractivity contribution in [1.82, 2.24) is 14.5 Å². The van der Waals surface area contributed by atoms with E-state index in [2.05, 4.69) is 35.0 Å². The lowest BCUT2D eigenvalue weighted by atomic mass is 9.88. The average molecular weight is 542 g/mol. The first-order valence-corrected chi connectivity index (χ1v) is 14.4. The predicted molar refractivity (Wildman–Crippen MR) is 151 cm³/mol. The Morgan fingerprint density at radius 2 is 2.00 bits per heavy atom. The number of fused-ring (bicyclic) bond motifs is 13. The molecule has 0 aliphatic carbocycles. The SMILES string of the molecule is CCSCc1ccc2c(c1)c1c3c(c4c5ccccc5n5c4c1n2[C@@H]1C[C@@](O)(C(=O)OC)[C@@]5(C)O1)CNC3=O. The summed E-state index contributed by atoms with van der Waals surface area (Å²) in [4.78, 5) is 26.7. The van der Waals surface area contributed by atoms with Crippen LogP contribution in [0.2, 0.25) is 0 Å². The van der Waals surface area contributed by atoms with Crippen LogP contribution in [0.25, 0.3) is 43.6 Å². The second kappa shape index (κ2) is 7.56. The van der Waals surface area contributed by atoms with Crippen molar-refractivity contribution in [3.05, 3.63) is 59.2 Å². The summed E-state index contributed by atoms with van der Waals surface area (Å²) in [5.74, 6) is 1.07. The highest BCUT2D eigenvalue weighted by atomic mass is 32.2. The van der Waals surface area contributed by atoms with E-state index in [1.165, 1.54) is 12.7 Å². The van der Waals surface area contributed by atoms with Gasteiger partial charge in [0.05, 0.1) is 34.7 Å². The number of carbonyl (C=O) groups excluding carboxylic acids is 2. The molecule has 0 unspecified atom stereocenters. The zero-order valence-corrected chi connectivity index (χ0v) is 22.6. The maximum absolute atomic E-state index is 13.5. The Morgan fingerprint density at radius 1 is 1.18 bits per heavy atom. The van der Waals surface area contributed by atoms with Crippen molar-refractivity contribution in [2.45, 2.75) is 50.1 Å². The summed E-state index contributed by atoms with van der Waals surface area (Å²) in [5.41, 5.74) is 2.92. The van der Waals surface area contributed by atoms with Crippen molar-refractivity contribution in [2.24, 2.45) is 0 Å². The predicted octanol–water partition coefficient (Wildman–Crippen LogP) is 4.91. The summed E-state index contributed by atoms with van der Waals surface area (Å²) in [7, 11) is 1.29. The van der Waals surface area contributed by atoms with E-state index in [0.717, 1.165) is 60.7 Å². The van der Waals surface area contributed by atoms with Crippen LogP contribution < -0.4 is 5.32 Å². The lowest BCUT2D eigenvalue weighted by molar-refractivity contribution is -0.202. The molecule has 0 spiro atoms. The smallest absolute Gasteiger partial charge is 0.343 e. The lowest BCUT2D eigenvalue weighted by Gasteiger charge is -2.37. The average Bonchev–Trinajstić information content (AvgIpc) is 3.63. The van der Waals surface area contributed by atoms with Gasteiger partial charge in [-0.1, -0.05) is 31.2 Å². The standard InChI is InChI=1S/C30H27N3O5S/c1-4-39-14-15-9-10-19-17(11-15)23-24-18(13-31-27(24)34)22-16-7-5-6-8-20(16)33-26(22)25(23)32(19)21-12-30(36,28(35)37-3)29(33,2)38-21/h5-11,21,36H,4,12-14H2,1-3H3,(H,31,34)/t21-,29+,30+/m0/s1. The third-order valence-corrected chi connectivity index (χ3v) is 9.93. The van der Waals surface area contributed by atoms with E-state index in [1.807, 2.05) is 40.6 Å². The number of thioether (sulfide) groups is 1. The molecule has 3 aliphatic heterocycles. The van der Waals surface area contributed by atoms with Crippen LogP contribution in [0.4, 0.5) is 0 Å². The second-order valence-corrected chi connectivity index (χ2v) is 12.1. The first-order valence-electron chi connectivity index (χ1n) is 13.2. The quantitative estimate of drug-likeness (QED) is 0.314. The Hall–Kier alpha value is -3.53. The van der Waals surface area contributed by atoms with Crippen LogP contribution in [0.1, 0.15) is 48.0 Å². The summed E-state index contributed by atoms with van der Waals surface area (Å²) >= 11 is 1.85. The molecule has 2 N–H and O–H groups in total. The van der Waals surface area contributed by atoms with Gasteiger partial charge in [0, 0.05) is 40.3 Å². The van der Waals surface area contributed by atoms with Gasteiger partial charge in [-0.05, 0) is 42.0 Å². The molecule has 8 nitrogen and oxygen atoms in total. The molecule has 1 fully saturated rings. The molecule has 0 saturated carbocycles. The lowest BCUT2D eigenvalue weighted by Crippen LogP contribution is -2.56. The van der Waals surface area contributed by atoms with Gasteiger partial charge in [-0.25, -0.2) is 4.79 Å². The molecule has 8 rings (SSSR count). The number of benzene rings is 3. The van der Waals surface area contributed by atoms with Gasteiger partial charge in [0.1, 0.15) is 6.23 Å². The zero-order valence-electron chi connectivity index (χ0n) is 21.8. The Balaban J connectivity index is 1.65. The number of nitrogens with one attached hydrogen (secondary N) is 1. The molecule has 1 saturated heterocycles. The highest BCUT2D eigenvalue weighted by Gasteiger charge is 2.65. The molecule has 2 aromatic heterocycles. The van der Waals surface area contributed by atoms with Crippen molar-refractivity contribution < 1.29 is 24.2 Å². The van der Waals surface area contributed by atoms with E-state index in [0.29, 0.717) is 12.1 Å². The molecule has 2 bridgehead atoms. The van der Waals surface area contributed by atoms with Crippen LogP contribution in [0.15, 0.2) is 42.5 Å².